The molecule has 2 aliphatic heterocycles. The van der Waals surface area contributed by atoms with Gasteiger partial charge < -0.3 is 14.3 Å². The second-order valence-electron chi connectivity index (χ2n) is 9.16. The third-order valence-electron chi connectivity index (χ3n) is 6.84. The van der Waals surface area contributed by atoms with Gasteiger partial charge in [-0.25, -0.2) is 4.79 Å². The standard InChI is InChI=1S/C23H26F6N2O4/c24-22(25,26)15-3-7-30(8-4-15)13-20(31-9-5-16(6-10-31)23(27,28)29)34-17-1-2-18-14(11-17)12-19(35-18)21(32)33/h1-2,11-12,15-16,20H,3-10,13H2,(H,32,33). The van der Waals surface area contributed by atoms with Crippen LogP contribution in [-0.4, -0.2) is 72.2 Å². The summed E-state index contributed by atoms with van der Waals surface area (Å²) in [4.78, 5) is 14.8. The van der Waals surface area contributed by atoms with Gasteiger partial charge in [-0.1, -0.05) is 0 Å². The van der Waals surface area contributed by atoms with E-state index in [-0.39, 0.29) is 64.2 Å². The predicted molar refractivity (Wildman–Crippen MR) is 113 cm³/mol. The lowest BCUT2D eigenvalue weighted by molar-refractivity contribution is -0.192. The number of fused-ring (bicyclic) bond motifs is 1. The molecule has 35 heavy (non-hydrogen) atoms. The van der Waals surface area contributed by atoms with Crippen molar-refractivity contribution >= 4 is 16.9 Å². The first-order chi connectivity index (χ1) is 16.4. The second kappa shape index (κ2) is 9.88. The van der Waals surface area contributed by atoms with E-state index < -0.39 is 36.4 Å². The number of likely N-dealkylation sites (tertiary alicyclic amines) is 2. The van der Waals surface area contributed by atoms with Crippen LogP contribution in [0.4, 0.5) is 26.3 Å². The molecule has 1 N–H and O–H groups in total. The number of nitrogens with zero attached hydrogens (tertiary/aromatic N) is 2. The van der Waals surface area contributed by atoms with Gasteiger partial charge in [-0.15, -0.1) is 0 Å². The van der Waals surface area contributed by atoms with Crippen molar-refractivity contribution in [2.75, 3.05) is 32.7 Å². The second-order valence-corrected chi connectivity index (χ2v) is 9.16. The maximum absolute atomic E-state index is 13.1. The Bertz CT molecular complexity index is 1020. The molecule has 0 radical (unpaired) electrons. The summed E-state index contributed by atoms with van der Waals surface area (Å²) < 4.78 is 89.9. The molecule has 0 spiro atoms. The van der Waals surface area contributed by atoms with E-state index in [1.807, 2.05) is 4.90 Å². The van der Waals surface area contributed by atoms with Crippen LogP contribution in [0.3, 0.4) is 0 Å². The average Bonchev–Trinajstić information content (AvgIpc) is 3.22. The van der Waals surface area contributed by atoms with E-state index in [0.717, 1.165) is 0 Å². The molecule has 1 aromatic heterocycles. The smallest absolute Gasteiger partial charge is 0.391 e. The van der Waals surface area contributed by atoms with E-state index in [4.69, 9.17) is 14.3 Å². The molecule has 0 amide bonds. The van der Waals surface area contributed by atoms with Crippen LogP contribution in [0.1, 0.15) is 36.2 Å². The van der Waals surface area contributed by atoms with Gasteiger partial charge in [-0.3, -0.25) is 9.80 Å². The molecular formula is C23H26F6N2O4. The molecule has 4 rings (SSSR count). The number of hydrogen-bond donors (Lipinski definition) is 1. The first-order valence-corrected chi connectivity index (χ1v) is 11.4. The van der Waals surface area contributed by atoms with Gasteiger partial charge in [0, 0.05) is 25.0 Å². The van der Waals surface area contributed by atoms with E-state index in [1.165, 1.54) is 6.07 Å². The first-order valence-electron chi connectivity index (χ1n) is 11.4. The van der Waals surface area contributed by atoms with Crippen molar-refractivity contribution in [1.29, 1.82) is 0 Å². The number of hydrogen-bond acceptors (Lipinski definition) is 5. The molecule has 0 saturated carbocycles. The number of ether oxygens (including phenoxy) is 1. The Morgan fingerprint density at radius 1 is 0.971 bits per heavy atom. The van der Waals surface area contributed by atoms with Crippen LogP contribution in [0.25, 0.3) is 11.0 Å². The third-order valence-corrected chi connectivity index (χ3v) is 6.84. The number of rotatable bonds is 6. The molecule has 0 aliphatic carbocycles. The zero-order chi connectivity index (χ0) is 25.4. The molecule has 2 aliphatic rings. The fourth-order valence-electron chi connectivity index (χ4n) is 4.76. The Hall–Kier alpha value is -2.47. The SMILES string of the molecule is O=C(O)c1cc2cc(OC(CN3CCC(C(F)(F)F)CC3)N3CCC(C(F)(F)F)CC3)ccc2o1. The number of halogens is 6. The van der Waals surface area contributed by atoms with Crippen molar-refractivity contribution in [2.24, 2.45) is 11.8 Å². The molecule has 0 bridgehead atoms. The Morgan fingerprint density at radius 2 is 1.54 bits per heavy atom. The van der Waals surface area contributed by atoms with Gasteiger partial charge in [-0.05, 0) is 63.0 Å². The summed E-state index contributed by atoms with van der Waals surface area (Å²) in [5.74, 6) is -3.85. The van der Waals surface area contributed by atoms with Gasteiger partial charge in [0.15, 0.2) is 6.23 Å². The molecule has 2 saturated heterocycles. The summed E-state index contributed by atoms with van der Waals surface area (Å²) in [5, 5.41) is 9.60. The van der Waals surface area contributed by atoms with Gasteiger partial charge in [0.2, 0.25) is 5.76 Å². The Labute approximate surface area is 197 Å². The number of carbonyl (C=O) groups is 1. The number of alkyl halides is 6. The zero-order valence-electron chi connectivity index (χ0n) is 18.7. The molecule has 6 nitrogen and oxygen atoms in total. The summed E-state index contributed by atoms with van der Waals surface area (Å²) in [7, 11) is 0. The van der Waals surface area contributed by atoms with E-state index in [2.05, 4.69) is 0 Å². The Balaban J connectivity index is 1.48. The molecular weight excluding hydrogens is 482 g/mol. The van der Waals surface area contributed by atoms with Crippen molar-refractivity contribution < 1.29 is 45.4 Å². The van der Waals surface area contributed by atoms with Gasteiger partial charge in [0.05, 0.1) is 11.8 Å². The predicted octanol–water partition coefficient (Wildman–Crippen LogP) is 5.38. The van der Waals surface area contributed by atoms with Gasteiger partial charge in [-0.2, -0.15) is 26.3 Å². The van der Waals surface area contributed by atoms with Crippen molar-refractivity contribution in [3.05, 3.63) is 30.0 Å². The van der Waals surface area contributed by atoms with Crippen LogP contribution < -0.4 is 4.74 Å². The Morgan fingerprint density at radius 3 is 2.09 bits per heavy atom. The fraction of sp³-hybridized carbons (Fsp3) is 0.609. The van der Waals surface area contributed by atoms with Gasteiger partial charge in [0.25, 0.3) is 0 Å². The monoisotopic (exact) mass is 508 g/mol. The average molecular weight is 508 g/mol. The summed E-state index contributed by atoms with van der Waals surface area (Å²) in [6, 6.07) is 6.04. The highest BCUT2D eigenvalue weighted by atomic mass is 19.4. The van der Waals surface area contributed by atoms with Gasteiger partial charge >= 0.3 is 18.3 Å². The molecule has 1 aromatic carbocycles. The van der Waals surface area contributed by atoms with Crippen LogP contribution in [-0.2, 0) is 0 Å². The summed E-state index contributed by atoms with van der Waals surface area (Å²) in [6.07, 6.45) is -9.41. The Kier molecular flexibility index (Phi) is 7.23. The van der Waals surface area contributed by atoms with Crippen molar-refractivity contribution in [2.45, 2.75) is 44.3 Å². The van der Waals surface area contributed by atoms with Crippen LogP contribution in [0.15, 0.2) is 28.7 Å². The number of piperidine rings is 2. The highest BCUT2D eigenvalue weighted by molar-refractivity contribution is 5.91. The van der Waals surface area contributed by atoms with E-state index in [0.29, 0.717) is 16.7 Å². The van der Waals surface area contributed by atoms with E-state index >= 15 is 0 Å². The molecule has 1 unspecified atom stereocenters. The minimum Gasteiger partial charge on any atom is -0.475 e. The normalized spacial score (nSPS) is 20.9. The zero-order valence-corrected chi connectivity index (χ0v) is 18.7. The maximum Gasteiger partial charge on any atom is 0.391 e. The molecule has 194 valence electrons. The topological polar surface area (TPSA) is 66.2 Å². The minimum atomic E-state index is -4.27. The fourth-order valence-corrected chi connectivity index (χ4v) is 4.76. The van der Waals surface area contributed by atoms with Crippen molar-refractivity contribution in [3.8, 4) is 5.75 Å². The molecule has 3 heterocycles. The first kappa shape index (κ1) is 25.6. The number of carboxylic acids is 1. The number of aromatic carboxylic acids is 1. The quantitative estimate of drug-likeness (QED) is 0.529. The maximum atomic E-state index is 13.1. The largest absolute Gasteiger partial charge is 0.475 e. The summed E-state index contributed by atoms with van der Waals surface area (Å²) in [5.41, 5.74) is 0.339. The van der Waals surface area contributed by atoms with Gasteiger partial charge in [0.1, 0.15) is 11.3 Å². The minimum absolute atomic E-state index is 0.0364. The molecule has 1 atom stereocenters. The number of benzene rings is 1. The van der Waals surface area contributed by atoms with Crippen molar-refractivity contribution in [1.82, 2.24) is 9.80 Å². The summed E-state index contributed by atoms with van der Waals surface area (Å²) in [6.45, 7) is 0.957. The number of carboxylic acid groups (broad SMARTS) is 1. The van der Waals surface area contributed by atoms with Crippen molar-refractivity contribution in [3.63, 3.8) is 0 Å². The summed E-state index contributed by atoms with van der Waals surface area (Å²) >= 11 is 0. The van der Waals surface area contributed by atoms with E-state index in [9.17, 15) is 31.1 Å². The third kappa shape index (κ3) is 6.21. The van der Waals surface area contributed by atoms with E-state index in [1.54, 1.807) is 23.1 Å². The molecule has 2 aromatic rings. The molecule has 2 fully saturated rings. The van der Waals surface area contributed by atoms with Crippen LogP contribution in [0.2, 0.25) is 0 Å². The highest BCUT2D eigenvalue weighted by Crippen LogP contribution is 2.36. The van der Waals surface area contributed by atoms with Crippen LogP contribution in [0.5, 0.6) is 5.75 Å². The van der Waals surface area contributed by atoms with Crippen LogP contribution in [0, 0.1) is 11.8 Å². The lowest BCUT2D eigenvalue weighted by Crippen LogP contribution is -2.53. The lowest BCUT2D eigenvalue weighted by Gasteiger charge is -2.41. The van der Waals surface area contributed by atoms with Crippen LogP contribution >= 0.6 is 0 Å². The molecule has 12 heteroatoms. The highest BCUT2D eigenvalue weighted by Gasteiger charge is 2.44. The number of furan rings is 1. The lowest BCUT2D eigenvalue weighted by atomic mass is 9.95.